The highest BCUT2D eigenvalue weighted by molar-refractivity contribution is 6.30. The largest absolute Gasteiger partial charge is 0.461 e. The van der Waals surface area contributed by atoms with E-state index in [0.717, 1.165) is 0 Å². The SMILES string of the molecule is CCOC(=O)c1nn2cccnc2c1-c1ccc(Cl)c(F)c1. The van der Waals surface area contributed by atoms with Crippen molar-refractivity contribution in [3.05, 3.63) is 53.2 Å². The number of esters is 1. The minimum absolute atomic E-state index is 0.00543. The first-order chi connectivity index (χ1) is 10.6. The molecular weight excluding hydrogens is 309 g/mol. The van der Waals surface area contributed by atoms with Gasteiger partial charge in [0.2, 0.25) is 0 Å². The van der Waals surface area contributed by atoms with Gasteiger partial charge in [0.05, 0.1) is 17.2 Å². The smallest absolute Gasteiger partial charge is 0.359 e. The van der Waals surface area contributed by atoms with Crippen molar-refractivity contribution in [3.63, 3.8) is 0 Å². The minimum atomic E-state index is -0.585. The lowest BCUT2D eigenvalue weighted by atomic mass is 10.1. The highest BCUT2D eigenvalue weighted by atomic mass is 35.5. The molecule has 0 unspecified atom stereocenters. The van der Waals surface area contributed by atoms with E-state index in [1.807, 2.05) is 0 Å². The average molecular weight is 320 g/mol. The molecule has 0 atom stereocenters. The zero-order valence-electron chi connectivity index (χ0n) is 11.6. The van der Waals surface area contributed by atoms with Crippen molar-refractivity contribution in [2.24, 2.45) is 0 Å². The van der Waals surface area contributed by atoms with Crippen molar-refractivity contribution < 1.29 is 13.9 Å². The molecule has 7 heteroatoms. The maximum atomic E-state index is 13.8. The Morgan fingerprint density at radius 1 is 1.45 bits per heavy atom. The highest BCUT2D eigenvalue weighted by Crippen LogP contribution is 2.30. The van der Waals surface area contributed by atoms with Crippen LogP contribution in [0.5, 0.6) is 0 Å². The Balaban J connectivity index is 2.27. The Bertz CT molecular complexity index is 863. The van der Waals surface area contributed by atoms with E-state index < -0.39 is 11.8 Å². The van der Waals surface area contributed by atoms with Gasteiger partial charge in [0.1, 0.15) is 5.82 Å². The maximum absolute atomic E-state index is 13.8. The van der Waals surface area contributed by atoms with E-state index in [2.05, 4.69) is 10.1 Å². The molecule has 0 amide bonds. The number of carbonyl (C=O) groups excluding carboxylic acids is 1. The summed E-state index contributed by atoms with van der Waals surface area (Å²) in [6.45, 7) is 1.92. The predicted molar refractivity (Wildman–Crippen MR) is 79.3 cm³/mol. The molecule has 0 bridgehead atoms. The van der Waals surface area contributed by atoms with Crippen LogP contribution in [0, 0.1) is 5.82 Å². The highest BCUT2D eigenvalue weighted by Gasteiger charge is 2.23. The summed E-state index contributed by atoms with van der Waals surface area (Å²) in [6.07, 6.45) is 3.22. The lowest BCUT2D eigenvalue weighted by molar-refractivity contribution is 0.0520. The van der Waals surface area contributed by atoms with Crippen LogP contribution < -0.4 is 0 Å². The lowest BCUT2D eigenvalue weighted by Crippen LogP contribution is -2.07. The number of nitrogens with zero attached hydrogens (tertiary/aromatic N) is 3. The van der Waals surface area contributed by atoms with Crippen molar-refractivity contribution in [2.45, 2.75) is 6.92 Å². The molecule has 0 aliphatic rings. The summed E-state index contributed by atoms with van der Waals surface area (Å²) >= 11 is 5.71. The van der Waals surface area contributed by atoms with E-state index in [-0.39, 0.29) is 17.3 Å². The molecule has 0 saturated heterocycles. The van der Waals surface area contributed by atoms with Gasteiger partial charge in [-0.25, -0.2) is 18.7 Å². The van der Waals surface area contributed by atoms with Gasteiger partial charge in [0, 0.05) is 12.4 Å². The van der Waals surface area contributed by atoms with Crippen molar-refractivity contribution in [1.29, 1.82) is 0 Å². The van der Waals surface area contributed by atoms with Crippen LogP contribution in [0.2, 0.25) is 5.02 Å². The summed E-state index contributed by atoms with van der Waals surface area (Å²) in [5.74, 6) is -1.16. The Morgan fingerprint density at radius 3 is 3.00 bits per heavy atom. The van der Waals surface area contributed by atoms with E-state index in [4.69, 9.17) is 16.3 Å². The second kappa shape index (κ2) is 5.73. The van der Waals surface area contributed by atoms with Crippen LogP contribution in [0.15, 0.2) is 36.7 Å². The number of fused-ring (bicyclic) bond motifs is 1. The van der Waals surface area contributed by atoms with E-state index in [1.165, 1.54) is 16.6 Å². The third kappa shape index (κ3) is 2.42. The number of halogens is 2. The zero-order valence-corrected chi connectivity index (χ0v) is 12.3. The molecule has 5 nitrogen and oxygen atoms in total. The van der Waals surface area contributed by atoms with Gasteiger partial charge in [-0.15, -0.1) is 0 Å². The predicted octanol–water partition coefficient (Wildman–Crippen LogP) is 3.37. The maximum Gasteiger partial charge on any atom is 0.359 e. The summed E-state index contributed by atoms with van der Waals surface area (Å²) in [4.78, 5) is 16.3. The molecule has 2 heterocycles. The first-order valence-corrected chi connectivity index (χ1v) is 6.95. The van der Waals surface area contributed by atoms with Crippen LogP contribution in [0.1, 0.15) is 17.4 Å². The Labute approximate surface area is 130 Å². The molecule has 0 N–H and O–H groups in total. The summed E-state index contributed by atoms with van der Waals surface area (Å²) < 4.78 is 20.2. The van der Waals surface area contributed by atoms with E-state index in [0.29, 0.717) is 16.8 Å². The van der Waals surface area contributed by atoms with Crippen LogP contribution in [0.3, 0.4) is 0 Å². The second-order valence-corrected chi connectivity index (χ2v) is 4.87. The third-order valence-electron chi connectivity index (χ3n) is 3.07. The quantitative estimate of drug-likeness (QED) is 0.695. The fourth-order valence-corrected chi connectivity index (χ4v) is 2.26. The van der Waals surface area contributed by atoms with Gasteiger partial charge in [0.15, 0.2) is 11.3 Å². The summed E-state index contributed by atoms with van der Waals surface area (Å²) in [7, 11) is 0. The Hall–Kier alpha value is -2.47. The first kappa shape index (κ1) is 14.5. The molecular formula is C15H11ClFN3O2. The van der Waals surface area contributed by atoms with Crippen molar-refractivity contribution in [2.75, 3.05) is 6.61 Å². The third-order valence-corrected chi connectivity index (χ3v) is 3.38. The molecule has 2 aromatic heterocycles. The van der Waals surface area contributed by atoms with Crippen LogP contribution in [-0.2, 0) is 4.74 Å². The summed E-state index contributed by atoms with van der Waals surface area (Å²) in [5.41, 5.74) is 1.39. The molecule has 0 radical (unpaired) electrons. The van der Waals surface area contributed by atoms with Crippen LogP contribution >= 0.6 is 11.6 Å². The molecule has 3 aromatic rings. The number of hydrogen-bond donors (Lipinski definition) is 0. The normalized spacial score (nSPS) is 10.9. The fraction of sp³-hybridized carbons (Fsp3) is 0.133. The van der Waals surface area contributed by atoms with Gasteiger partial charge >= 0.3 is 5.97 Å². The molecule has 22 heavy (non-hydrogen) atoms. The van der Waals surface area contributed by atoms with Gasteiger partial charge in [-0.1, -0.05) is 17.7 Å². The van der Waals surface area contributed by atoms with Crippen molar-refractivity contribution >= 4 is 23.2 Å². The van der Waals surface area contributed by atoms with Crippen LogP contribution in [0.25, 0.3) is 16.8 Å². The van der Waals surface area contributed by atoms with Gasteiger partial charge in [0.25, 0.3) is 0 Å². The number of benzene rings is 1. The Morgan fingerprint density at radius 2 is 2.27 bits per heavy atom. The van der Waals surface area contributed by atoms with Gasteiger partial charge in [-0.3, -0.25) is 0 Å². The number of ether oxygens (including phenoxy) is 1. The number of rotatable bonds is 3. The topological polar surface area (TPSA) is 56.5 Å². The summed E-state index contributed by atoms with van der Waals surface area (Å²) in [5, 5.41) is 4.19. The van der Waals surface area contributed by atoms with Gasteiger partial charge in [-0.2, -0.15) is 5.10 Å². The van der Waals surface area contributed by atoms with Gasteiger partial charge in [-0.05, 0) is 30.7 Å². The molecule has 0 aliphatic carbocycles. The molecule has 112 valence electrons. The van der Waals surface area contributed by atoms with Crippen molar-refractivity contribution in [1.82, 2.24) is 14.6 Å². The Kier molecular flexibility index (Phi) is 3.77. The standard InChI is InChI=1S/C15H11ClFN3O2/c1-2-22-15(21)13-12(9-4-5-10(16)11(17)8-9)14-18-6-3-7-20(14)19-13/h3-8H,2H2,1H3. The van der Waals surface area contributed by atoms with E-state index >= 15 is 0 Å². The molecule has 1 aromatic carbocycles. The minimum Gasteiger partial charge on any atom is -0.461 e. The van der Waals surface area contributed by atoms with E-state index in [9.17, 15) is 9.18 Å². The monoisotopic (exact) mass is 319 g/mol. The molecule has 0 saturated carbocycles. The molecule has 3 rings (SSSR count). The molecule has 0 aliphatic heterocycles. The van der Waals surface area contributed by atoms with Crippen LogP contribution in [-0.4, -0.2) is 27.2 Å². The van der Waals surface area contributed by atoms with Gasteiger partial charge < -0.3 is 4.74 Å². The lowest BCUT2D eigenvalue weighted by Gasteiger charge is -2.04. The first-order valence-electron chi connectivity index (χ1n) is 6.57. The molecule has 0 spiro atoms. The number of aromatic nitrogens is 3. The molecule has 0 fully saturated rings. The zero-order chi connectivity index (χ0) is 15.7. The summed E-state index contributed by atoms with van der Waals surface area (Å²) in [6, 6.07) is 5.96. The van der Waals surface area contributed by atoms with Crippen molar-refractivity contribution in [3.8, 4) is 11.1 Å². The van der Waals surface area contributed by atoms with Crippen LogP contribution in [0.4, 0.5) is 4.39 Å². The second-order valence-electron chi connectivity index (χ2n) is 4.46. The fourth-order valence-electron chi connectivity index (χ4n) is 2.15. The average Bonchev–Trinajstić information content (AvgIpc) is 2.90. The van der Waals surface area contributed by atoms with E-state index in [1.54, 1.807) is 31.5 Å². The number of hydrogen-bond acceptors (Lipinski definition) is 4. The number of carbonyl (C=O) groups is 1.